The van der Waals surface area contributed by atoms with Gasteiger partial charge in [-0.2, -0.15) is 5.10 Å². The standard InChI is InChI=1S/C11H17N3O2/c1-7(2)5-12-11(15)10-8-6-16-4-3-9(8)13-14-10/h7H,3-6H2,1-2H3,(H,12,15)(H,13,14). The van der Waals surface area contributed by atoms with Crippen molar-refractivity contribution in [2.75, 3.05) is 13.2 Å². The van der Waals surface area contributed by atoms with Crippen molar-refractivity contribution in [2.24, 2.45) is 5.92 Å². The summed E-state index contributed by atoms with van der Waals surface area (Å²) < 4.78 is 5.33. The van der Waals surface area contributed by atoms with Crippen LogP contribution in [0.2, 0.25) is 0 Å². The molecule has 2 N–H and O–H groups in total. The van der Waals surface area contributed by atoms with E-state index in [1.807, 2.05) is 0 Å². The number of carbonyl (C=O) groups excluding carboxylic acids is 1. The topological polar surface area (TPSA) is 67.0 Å². The van der Waals surface area contributed by atoms with Crippen LogP contribution in [0, 0.1) is 5.92 Å². The molecule has 2 heterocycles. The zero-order chi connectivity index (χ0) is 11.5. The van der Waals surface area contributed by atoms with Crippen LogP contribution in [0.5, 0.6) is 0 Å². The summed E-state index contributed by atoms with van der Waals surface area (Å²) in [6.07, 6.45) is 0.805. The summed E-state index contributed by atoms with van der Waals surface area (Å²) in [6.45, 7) is 5.96. The van der Waals surface area contributed by atoms with Gasteiger partial charge in [-0.05, 0) is 5.92 Å². The fourth-order valence-corrected chi connectivity index (χ4v) is 1.68. The van der Waals surface area contributed by atoms with E-state index < -0.39 is 0 Å². The number of amides is 1. The Morgan fingerprint density at radius 1 is 1.62 bits per heavy atom. The summed E-state index contributed by atoms with van der Waals surface area (Å²) in [4.78, 5) is 11.8. The van der Waals surface area contributed by atoms with E-state index in [-0.39, 0.29) is 5.91 Å². The van der Waals surface area contributed by atoms with Gasteiger partial charge in [-0.1, -0.05) is 13.8 Å². The molecule has 2 rings (SSSR count). The largest absolute Gasteiger partial charge is 0.376 e. The van der Waals surface area contributed by atoms with Gasteiger partial charge in [-0.25, -0.2) is 0 Å². The quantitative estimate of drug-likeness (QED) is 0.799. The van der Waals surface area contributed by atoms with Gasteiger partial charge in [0, 0.05) is 24.2 Å². The third-order valence-electron chi connectivity index (χ3n) is 2.58. The highest BCUT2D eigenvalue weighted by atomic mass is 16.5. The minimum atomic E-state index is -0.114. The van der Waals surface area contributed by atoms with Crippen LogP contribution in [-0.2, 0) is 17.8 Å². The summed E-state index contributed by atoms with van der Waals surface area (Å²) in [6, 6.07) is 0. The van der Waals surface area contributed by atoms with Crippen molar-refractivity contribution < 1.29 is 9.53 Å². The minimum Gasteiger partial charge on any atom is -0.376 e. The Labute approximate surface area is 94.6 Å². The predicted molar refractivity (Wildman–Crippen MR) is 59.1 cm³/mol. The molecule has 1 aromatic rings. The number of fused-ring (bicyclic) bond motifs is 1. The van der Waals surface area contributed by atoms with Crippen molar-refractivity contribution in [3.63, 3.8) is 0 Å². The molecule has 5 heteroatoms. The molecular weight excluding hydrogens is 206 g/mol. The van der Waals surface area contributed by atoms with Crippen LogP contribution < -0.4 is 5.32 Å². The van der Waals surface area contributed by atoms with Gasteiger partial charge in [0.25, 0.3) is 5.91 Å². The van der Waals surface area contributed by atoms with Crippen LogP contribution in [0.1, 0.15) is 35.6 Å². The van der Waals surface area contributed by atoms with Crippen LogP contribution in [0.4, 0.5) is 0 Å². The van der Waals surface area contributed by atoms with Crippen molar-refractivity contribution >= 4 is 5.91 Å². The number of ether oxygens (including phenoxy) is 1. The van der Waals surface area contributed by atoms with E-state index in [2.05, 4.69) is 29.4 Å². The second kappa shape index (κ2) is 4.65. The van der Waals surface area contributed by atoms with Gasteiger partial charge in [-0.3, -0.25) is 9.89 Å². The third kappa shape index (κ3) is 2.24. The molecule has 0 bridgehead atoms. The first kappa shape index (κ1) is 11.1. The second-order valence-corrected chi connectivity index (χ2v) is 4.44. The molecule has 0 saturated carbocycles. The van der Waals surface area contributed by atoms with Crippen LogP contribution >= 0.6 is 0 Å². The second-order valence-electron chi connectivity index (χ2n) is 4.44. The molecule has 1 amide bonds. The Hall–Kier alpha value is -1.36. The maximum Gasteiger partial charge on any atom is 0.272 e. The maximum atomic E-state index is 11.8. The van der Waals surface area contributed by atoms with Gasteiger partial charge in [-0.15, -0.1) is 0 Å². The lowest BCUT2D eigenvalue weighted by molar-refractivity contribution is 0.0921. The molecule has 1 aliphatic rings. The molecule has 0 aliphatic carbocycles. The summed E-state index contributed by atoms with van der Waals surface area (Å²) in [5.74, 6) is 0.326. The fourth-order valence-electron chi connectivity index (χ4n) is 1.68. The van der Waals surface area contributed by atoms with Crippen LogP contribution in [0.15, 0.2) is 0 Å². The van der Waals surface area contributed by atoms with E-state index in [1.165, 1.54) is 0 Å². The molecule has 1 aliphatic heterocycles. The van der Waals surface area contributed by atoms with Crippen molar-refractivity contribution in [2.45, 2.75) is 26.9 Å². The van der Waals surface area contributed by atoms with Crippen LogP contribution in [-0.4, -0.2) is 29.3 Å². The van der Waals surface area contributed by atoms with Crippen molar-refractivity contribution in [1.82, 2.24) is 15.5 Å². The number of carbonyl (C=O) groups is 1. The van der Waals surface area contributed by atoms with E-state index in [4.69, 9.17) is 4.74 Å². The highest BCUT2D eigenvalue weighted by Crippen LogP contribution is 2.17. The lowest BCUT2D eigenvalue weighted by Crippen LogP contribution is -2.28. The summed E-state index contributed by atoms with van der Waals surface area (Å²) in [5.41, 5.74) is 2.42. The first-order valence-corrected chi connectivity index (χ1v) is 5.60. The predicted octanol–water partition coefficient (Wildman–Crippen LogP) is 0.868. The number of aromatic amines is 1. The Morgan fingerprint density at radius 3 is 3.19 bits per heavy atom. The molecule has 0 unspecified atom stereocenters. The molecular formula is C11H17N3O2. The Balaban J connectivity index is 2.08. The average molecular weight is 223 g/mol. The van der Waals surface area contributed by atoms with E-state index in [0.717, 1.165) is 17.7 Å². The molecule has 0 radical (unpaired) electrons. The SMILES string of the molecule is CC(C)CNC(=O)c1n[nH]c2c1COCC2. The molecule has 1 aromatic heterocycles. The lowest BCUT2D eigenvalue weighted by atomic mass is 10.1. The first-order chi connectivity index (χ1) is 7.68. The summed E-state index contributed by atoms with van der Waals surface area (Å²) in [7, 11) is 0. The highest BCUT2D eigenvalue weighted by Gasteiger charge is 2.21. The summed E-state index contributed by atoms with van der Waals surface area (Å²) in [5, 5.41) is 9.82. The van der Waals surface area contributed by atoms with E-state index in [0.29, 0.717) is 31.4 Å². The highest BCUT2D eigenvalue weighted by molar-refractivity contribution is 5.93. The Bertz CT molecular complexity index is 385. The molecule has 16 heavy (non-hydrogen) atoms. The number of hydrogen-bond donors (Lipinski definition) is 2. The normalized spacial score (nSPS) is 14.9. The fraction of sp³-hybridized carbons (Fsp3) is 0.636. The molecule has 88 valence electrons. The lowest BCUT2D eigenvalue weighted by Gasteiger charge is -2.12. The zero-order valence-corrected chi connectivity index (χ0v) is 9.67. The molecule has 0 atom stereocenters. The Kier molecular flexibility index (Phi) is 3.24. The van der Waals surface area contributed by atoms with Gasteiger partial charge in [0.15, 0.2) is 5.69 Å². The van der Waals surface area contributed by atoms with Gasteiger partial charge < -0.3 is 10.1 Å². The number of H-pyrrole nitrogens is 1. The van der Waals surface area contributed by atoms with Crippen molar-refractivity contribution in [1.29, 1.82) is 0 Å². The minimum absolute atomic E-state index is 0.114. The number of nitrogens with one attached hydrogen (secondary N) is 2. The maximum absolute atomic E-state index is 11.8. The first-order valence-electron chi connectivity index (χ1n) is 5.60. The number of hydrogen-bond acceptors (Lipinski definition) is 3. The molecule has 0 spiro atoms. The van der Waals surface area contributed by atoms with Gasteiger partial charge in [0.05, 0.1) is 13.2 Å². The average Bonchev–Trinajstić information content (AvgIpc) is 2.69. The molecule has 0 saturated heterocycles. The van der Waals surface area contributed by atoms with Gasteiger partial charge in [0.2, 0.25) is 0 Å². The Morgan fingerprint density at radius 2 is 2.44 bits per heavy atom. The molecule has 5 nitrogen and oxygen atoms in total. The smallest absolute Gasteiger partial charge is 0.272 e. The monoisotopic (exact) mass is 223 g/mol. The van der Waals surface area contributed by atoms with Crippen LogP contribution in [0.3, 0.4) is 0 Å². The molecule has 0 fully saturated rings. The zero-order valence-electron chi connectivity index (χ0n) is 9.67. The van der Waals surface area contributed by atoms with E-state index >= 15 is 0 Å². The molecule has 0 aromatic carbocycles. The number of rotatable bonds is 3. The van der Waals surface area contributed by atoms with E-state index in [1.54, 1.807) is 0 Å². The van der Waals surface area contributed by atoms with Gasteiger partial charge in [0.1, 0.15) is 0 Å². The van der Waals surface area contributed by atoms with Gasteiger partial charge >= 0.3 is 0 Å². The van der Waals surface area contributed by atoms with Crippen molar-refractivity contribution in [3.05, 3.63) is 17.0 Å². The number of nitrogens with zero attached hydrogens (tertiary/aromatic N) is 1. The van der Waals surface area contributed by atoms with E-state index in [9.17, 15) is 4.79 Å². The summed E-state index contributed by atoms with van der Waals surface area (Å²) >= 11 is 0. The number of aromatic nitrogens is 2. The van der Waals surface area contributed by atoms with Crippen molar-refractivity contribution in [3.8, 4) is 0 Å². The van der Waals surface area contributed by atoms with Crippen LogP contribution in [0.25, 0.3) is 0 Å². The third-order valence-corrected chi connectivity index (χ3v) is 2.58.